The van der Waals surface area contributed by atoms with Crippen molar-refractivity contribution in [3.8, 4) is 0 Å². The SMILES string of the molecule is O=C(c1noc2c1CCCC2)N1CCC(c2cccs2)S(=O)(=O)CC1. The average molecular weight is 380 g/mol. The van der Waals surface area contributed by atoms with E-state index in [1.54, 1.807) is 4.90 Å². The topological polar surface area (TPSA) is 80.5 Å². The molecular formula is C17H20N2O4S2. The second kappa shape index (κ2) is 6.57. The Bertz CT molecular complexity index is 871. The maximum atomic E-state index is 12.9. The van der Waals surface area contributed by atoms with Crippen molar-refractivity contribution in [2.24, 2.45) is 0 Å². The molecule has 3 heterocycles. The zero-order valence-electron chi connectivity index (χ0n) is 13.8. The van der Waals surface area contributed by atoms with Gasteiger partial charge in [0.25, 0.3) is 5.91 Å². The van der Waals surface area contributed by atoms with E-state index in [-0.39, 0.29) is 18.2 Å². The van der Waals surface area contributed by atoms with Gasteiger partial charge in [-0.2, -0.15) is 0 Å². The highest BCUT2D eigenvalue weighted by molar-refractivity contribution is 7.91. The van der Waals surface area contributed by atoms with E-state index >= 15 is 0 Å². The first-order valence-corrected chi connectivity index (χ1v) is 11.2. The molecule has 2 aromatic heterocycles. The summed E-state index contributed by atoms with van der Waals surface area (Å²) in [5.41, 5.74) is 1.29. The van der Waals surface area contributed by atoms with Crippen molar-refractivity contribution in [3.63, 3.8) is 0 Å². The second-order valence-corrected chi connectivity index (χ2v) is 9.87. The lowest BCUT2D eigenvalue weighted by atomic mass is 9.96. The van der Waals surface area contributed by atoms with E-state index in [1.807, 2.05) is 17.5 Å². The number of nitrogens with zero attached hydrogens (tertiary/aromatic N) is 2. The van der Waals surface area contributed by atoms with Crippen molar-refractivity contribution in [3.05, 3.63) is 39.4 Å². The highest BCUT2D eigenvalue weighted by atomic mass is 32.2. The van der Waals surface area contributed by atoms with Gasteiger partial charge in [0.15, 0.2) is 15.5 Å². The largest absolute Gasteiger partial charge is 0.360 e. The molecule has 1 amide bonds. The van der Waals surface area contributed by atoms with Crippen molar-refractivity contribution in [1.82, 2.24) is 10.1 Å². The molecule has 2 aromatic rings. The average Bonchev–Trinajstić information content (AvgIpc) is 3.23. The van der Waals surface area contributed by atoms with Gasteiger partial charge in [-0.25, -0.2) is 8.42 Å². The predicted molar refractivity (Wildman–Crippen MR) is 94.5 cm³/mol. The van der Waals surface area contributed by atoms with Crippen LogP contribution in [0.25, 0.3) is 0 Å². The van der Waals surface area contributed by atoms with E-state index in [4.69, 9.17) is 4.52 Å². The van der Waals surface area contributed by atoms with Gasteiger partial charge in [-0.05, 0) is 37.1 Å². The quantitative estimate of drug-likeness (QED) is 0.800. The van der Waals surface area contributed by atoms with Crippen LogP contribution in [0.1, 0.15) is 51.2 Å². The number of hydrogen-bond acceptors (Lipinski definition) is 6. The lowest BCUT2D eigenvalue weighted by Gasteiger charge is -2.19. The van der Waals surface area contributed by atoms with Crippen LogP contribution in [-0.2, 0) is 22.7 Å². The number of thiophene rings is 1. The highest BCUT2D eigenvalue weighted by Crippen LogP contribution is 2.33. The van der Waals surface area contributed by atoms with Crippen LogP contribution in [0.4, 0.5) is 0 Å². The maximum Gasteiger partial charge on any atom is 0.276 e. The normalized spacial score (nSPS) is 23.0. The number of hydrogen-bond donors (Lipinski definition) is 0. The Balaban J connectivity index is 1.56. The Morgan fingerprint density at radius 2 is 2.12 bits per heavy atom. The summed E-state index contributed by atoms with van der Waals surface area (Å²) in [5, 5.41) is 5.37. The third-order valence-corrected chi connectivity index (χ3v) is 8.28. The van der Waals surface area contributed by atoms with Crippen LogP contribution in [0.2, 0.25) is 0 Å². The van der Waals surface area contributed by atoms with Crippen LogP contribution in [0.5, 0.6) is 0 Å². The Kier molecular flexibility index (Phi) is 4.41. The number of carbonyl (C=O) groups is 1. The van der Waals surface area contributed by atoms with E-state index in [0.29, 0.717) is 18.7 Å². The Morgan fingerprint density at radius 3 is 2.92 bits per heavy atom. The van der Waals surface area contributed by atoms with E-state index in [0.717, 1.165) is 41.9 Å². The molecule has 0 radical (unpaired) electrons. The summed E-state index contributed by atoms with van der Waals surface area (Å²) in [6.45, 7) is 0.632. The van der Waals surface area contributed by atoms with E-state index in [9.17, 15) is 13.2 Å². The summed E-state index contributed by atoms with van der Waals surface area (Å²) in [4.78, 5) is 15.4. The molecule has 4 rings (SSSR count). The first-order chi connectivity index (χ1) is 12.1. The second-order valence-electron chi connectivity index (χ2n) is 6.59. The molecule has 1 fully saturated rings. The summed E-state index contributed by atoms with van der Waals surface area (Å²) < 4.78 is 30.6. The van der Waals surface area contributed by atoms with Gasteiger partial charge in [0.1, 0.15) is 5.76 Å². The van der Waals surface area contributed by atoms with Crippen molar-refractivity contribution in [2.45, 2.75) is 37.4 Å². The van der Waals surface area contributed by atoms with Gasteiger partial charge in [0, 0.05) is 30.0 Å². The molecule has 0 saturated carbocycles. The minimum absolute atomic E-state index is 0.0126. The molecule has 134 valence electrons. The van der Waals surface area contributed by atoms with Crippen LogP contribution in [-0.4, -0.2) is 43.2 Å². The fourth-order valence-corrected chi connectivity index (χ4v) is 6.65. The van der Waals surface area contributed by atoms with Gasteiger partial charge in [0.05, 0.1) is 11.0 Å². The zero-order valence-corrected chi connectivity index (χ0v) is 15.4. The monoisotopic (exact) mass is 380 g/mol. The van der Waals surface area contributed by atoms with Gasteiger partial charge in [-0.1, -0.05) is 11.2 Å². The van der Waals surface area contributed by atoms with E-state index in [1.165, 1.54) is 11.3 Å². The van der Waals surface area contributed by atoms with Crippen molar-refractivity contribution >= 4 is 27.1 Å². The number of aryl methyl sites for hydroxylation is 1. The van der Waals surface area contributed by atoms with Crippen molar-refractivity contribution < 1.29 is 17.7 Å². The Hall–Kier alpha value is -1.67. The summed E-state index contributed by atoms with van der Waals surface area (Å²) in [6, 6.07) is 3.73. The summed E-state index contributed by atoms with van der Waals surface area (Å²) in [6.07, 6.45) is 4.15. The fourth-order valence-electron chi connectivity index (χ4n) is 3.64. The third kappa shape index (κ3) is 3.13. The molecule has 0 spiro atoms. The van der Waals surface area contributed by atoms with Gasteiger partial charge in [-0.15, -0.1) is 11.3 Å². The Morgan fingerprint density at radius 1 is 1.28 bits per heavy atom. The number of amides is 1. The molecule has 0 N–H and O–H groups in total. The molecule has 0 aromatic carbocycles. The predicted octanol–water partition coefficient (Wildman–Crippen LogP) is 2.62. The van der Waals surface area contributed by atoms with Crippen LogP contribution in [0.15, 0.2) is 22.0 Å². The fraction of sp³-hybridized carbons (Fsp3) is 0.529. The molecule has 1 aliphatic carbocycles. The third-order valence-electron chi connectivity index (χ3n) is 5.04. The molecular weight excluding hydrogens is 360 g/mol. The molecule has 6 nitrogen and oxygen atoms in total. The first-order valence-electron chi connectivity index (χ1n) is 8.58. The first kappa shape index (κ1) is 16.8. The van der Waals surface area contributed by atoms with Gasteiger partial charge >= 0.3 is 0 Å². The van der Waals surface area contributed by atoms with E-state index < -0.39 is 15.1 Å². The molecule has 1 unspecified atom stereocenters. The Labute approximate surface area is 150 Å². The zero-order chi connectivity index (χ0) is 17.4. The summed E-state index contributed by atoms with van der Waals surface area (Å²) >= 11 is 1.46. The number of carbonyl (C=O) groups excluding carboxylic acids is 1. The lowest BCUT2D eigenvalue weighted by Crippen LogP contribution is -2.34. The van der Waals surface area contributed by atoms with Crippen LogP contribution < -0.4 is 0 Å². The number of rotatable bonds is 2. The molecule has 8 heteroatoms. The molecule has 1 saturated heterocycles. The number of fused-ring (bicyclic) bond motifs is 1. The van der Waals surface area contributed by atoms with E-state index in [2.05, 4.69) is 5.16 Å². The lowest BCUT2D eigenvalue weighted by molar-refractivity contribution is 0.0755. The number of sulfone groups is 1. The van der Waals surface area contributed by atoms with Gasteiger partial charge in [0.2, 0.25) is 0 Å². The molecule has 25 heavy (non-hydrogen) atoms. The molecule has 2 aliphatic rings. The van der Waals surface area contributed by atoms with Gasteiger partial charge < -0.3 is 9.42 Å². The molecule has 0 bridgehead atoms. The van der Waals surface area contributed by atoms with Gasteiger partial charge in [-0.3, -0.25) is 4.79 Å². The minimum atomic E-state index is -3.26. The molecule has 1 aliphatic heterocycles. The van der Waals surface area contributed by atoms with Crippen LogP contribution in [0, 0.1) is 0 Å². The van der Waals surface area contributed by atoms with Crippen molar-refractivity contribution in [2.75, 3.05) is 18.8 Å². The van der Waals surface area contributed by atoms with Crippen LogP contribution in [0.3, 0.4) is 0 Å². The van der Waals surface area contributed by atoms with Crippen molar-refractivity contribution in [1.29, 1.82) is 0 Å². The van der Waals surface area contributed by atoms with Crippen LogP contribution >= 0.6 is 11.3 Å². The number of aromatic nitrogens is 1. The highest BCUT2D eigenvalue weighted by Gasteiger charge is 2.35. The summed E-state index contributed by atoms with van der Waals surface area (Å²) in [7, 11) is -3.26. The smallest absolute Gasteiger partial charge is 0.276 e. The minimum Gasteiger partial charge on any atom is -0.360 e. The summed E-state index contributed by atoms with van der Waals surface area (Å²) in [5.74, 6) is 0.601. The standard InChI is InChI=1S/C17H20N2O4S2/c20-17(16-12-4-1-2-5-13(12)23-18-16)19-8-7-15(14-6-3-10-24-14)25(21,22)11-9-19/h3,6,10,15H,1-2,4-5,7-9,11H2. The molecule has 1 atom stereocenters. The maximum absolute atomic E-state index is 12.9.